The van der Waals surface area contributed by atoms with Gasteiger partial charge in [0, 0.05) is 43.8 Å². The molecular formula is C52H33N3O. The van der Waals surface area contributed by atoms with Crippen molar-refractivity contribution < 1.29 is 4.42 Å². The van der Waals surface area contributed by atoms with E-state index >= 15 is 0 Å². The highest BCUT2D eigenvalue weighted by molar-refractivity contribution is 6.15. The first kappa shape index (κ1) is 31.9. The molecule has 0 saturated carbocycles. The van der Waals surface area contributed by atoms with Gasteiger partial charge in [0.05, 0.1) is 28.1 Å². The molecule has 4 heteroatoms. The average Bonchev–Trinajstić information content (AvgIpc) is 3.83. The lowest BCUT2D eigenvalue weighted by molar-refractivity contribution is 0.667. The molecular weight excluding hydrogens is 683 g/mol. The van der Waals surface area contributed by atoms with E-state index in [0.717, 1.165) is 77.9 Å². The van der Waals surface area contributed by atoms with E-state index in [1.54, 1.807) is 0 Å². The summed E-state index contributed by atoms with van der Waals surface area (Å²) in [6.07, 6.45) is 0. The fraction of sp³-hybridized carbons (Fsp3) is 0. The lowest BCUT2D eigenvalue weighted by Gasteiger charge is -2.10. The van der Waals surface area contributed by atoms with E-state index in [1.165, 1.54) is 21.9 Å². The number of rotatable bonds is 6. The summed E-state index contributed by atoms with van der Waals surface area (Å²) in [4.78, 5) is 10.2. The van der Waals surface area contributed by atoms with Crippen molar-refractivity contribution in [2.24, 2.45) is 0 Å². The fourth-order valence-electron chi connectivity index (χ4n) is 8.17. The molecule has 0 atom stereocenters. The van der Waals surface area contributed by atoms with Crippen molar-refractivity contribution in [2.45, 2.75) is 0 Å². The predicted octanol–water partition coefficient (Wildman–Crippen LogP) is 13.8. The third kappa shape index (κ3) is 5.31. The van der Waals surface area contributed by atoms with Gasteiger partial charge < -0.3 is 8.98 Å². The first-order chi connectivity index (χ1) is 27.8. The summed E-state index contributed by atoms with van der Waals surface area (Å²) in [5.74, 6) is 0.674. The minimum atomic E-state index is 0.674. The molecule has 262 valence electrons. The first-order valence-electron chi connectivity index (χ1n) is 18.9. The Morgan fingerprint density at radius 2 is 0.893 bits per heavy atom. The molecule has 8 aromatic carbocycles. The molecule has 0 radical (unpaired) electrons. The smallest absolute Gasteiger partial charge is 0.160 e. The van der Waals surface area contributed by atoms with Crippen LogP contribution in [0.3, 0.4) is 0 Å². The molecule has 0 unspecified atom stereocenters. The van der Waals surface area contributed by atoms with Crippen LogP contribution >= 0.6 is 0 Å². The van der Waals surface area contributed by atoms with Crippen molar-refractivity contribution in [3.05, 3.63) is 200 Å². The van der Waals surface area contributed by atoms with E-state index < -0.39 is 0 Å². The van der Waals surface area contributed by atoms with Crippen LogP contribution in [-0.4, -0.2) is 14.5 Å². The quantitative estimate of drug-likeness (QED) is 0.172. The SMILES string of the molecule is c1ccc(-c2ccc3c(c2)c2ccccc2n3-c2cccc3c2oc2c(-c4cccc(-c5nc(-c6ccccc6)cc(-c6ccccc6)n5)c4)cccc23)cc1. The minimum absolute atomic E-state index is 0.674. The summed E-state index contributed by atoms with van der Waals surface area (Å²) in [6.45, 7) is 0. The molecule has 0 aliphatic rings. The molecule has 11 aromatic rings. The standard InChI is InChI=1S/C52H33N3O/c1-4-15-34(16-5-1)37-29-30-48-44(32-37)41-23-10-11-27-47(41)55(48)49-28-14-26-43-42-25-13-24-40(50(42)56-51(43)49)38-21-12-22-39(31-38)52-53-45(35-17-6-2-7-18-35)33-46(54-52)36-19-8-3-9-20-36/h1-33H. The van der Waals surface area contributed by atoms with Crippen molar-refractivity contribution >= 4 is 43.7 Å². The third-order valence-electron chi connectivity index (χ3n) is 10.8. The van der Waals surface area contributed by atoms with Crippen molar-refractivity contribution in [3.63, 3.8) is 0 Å². The van der Waals surface area contributed by atoms with Gasteiger partial charge in [-0.2, -0.15) is 0 Å². The van der Waals surface area contributed by atoms with E-state index in [4.69, 9.17) is 14.4 Å². The van der Waals surface area contributed by atoms with Gasteiger partial charge >= 0.3 is 0 Å². The Kier molecular flexibility index (Phi) is 7.46. The van der Waals surface area contributed by atoms with Crippen LogP contribution in [0.2, 0.25) is 0 Å². The molecule has 56 heavy (non-hydrogen) atoms. The van der Waals surface area contributed by atoms with E-state index in [1.807, 2.05) is 36.4 Å². The fourth-order valence-corrected chi connectivity index (χ4v) is 8.17. The Morgan fingerprint density at radius 1 is 0.339 bits per heavy atom. The van der Waals surface area contributed by atoms with E-state index in [9.17, 15) is 0 Å². The van der Waals surface area contributed by atoms with Gasteiger partial charge in [0.25, 0.3) is 0 Å². The number of fused-ring (bicyclic) bond motifs is 6. The molecule has 3 aromatic heterocycles. The second kappa shape index (κ2) is 13.1. The summed E-state index contributed by atoms with van der Waals surface area (Å²) in [5.41, 5.74) is 14.2. The highest BCUT2D eigenvalue weighted by Gasteiger charge is 2.20. The Balaban J connectivity index is 1.07. The number of nitrogens with zero attached hydrogens (tertiary/aromatic N) is 3. The first-order valence-corrected chi connectivity index (χ1v) is 18.9. The van der Waals surface area contributed by atoms with Gasteiger partial charge in [-0.05, 0) is 53.1 Å². The molecule has 0 fully saturated rings. The molecule has 4 nitrogen and oxygen atoms in total. The molecule has 0 bridgehead atoms. The minimum Gasteiger partial charge on any atom is -0.453 e. The molecule has 0 amide bonds. The number of benzene rings is 8. The Hall–Kier alpha value is -7.56. The zero-order valence-electron chi connectivity index (χ0n) is 30.3. The maximum absolute atomic E-state index is 7.03. The lowest BCUT2D eigenvalue weighted by Crippen LogP contribution is -1.96. The molecule has 0 aliphatic carbocycles. The van der Waals surface area contributed by atoms with Crippen molar-refractivity contribution in [2.75, 3.05) is 0 Å². The largest absolute Gasteiger partial charge is 0.453 e. The van der Waals surface area contributed by atoms with Crippen molar-refractivity contribution in [1.29, 1.82) is 0 Å². The molecule has 11 rings (SSSR count). The molecule has 0 spiro atoms. The van der Waals surface area contributed by atoms with Crippen LogP contribution in [-0.2, 0) is 0 Å². The van der Waals surface area contributed by atoms with E-state index in [0.29, 0.717) is 5.82 Å². The highest BCUT2D eigenvalue weighted by atomic mass is 16.3. The van der Waals surface area contributed by atoms with Crippen LogP contribution in [0, 0.1) is 0 Å². The summed E-state index contributed by atoms with van der Waals surface area (Å²) in [7, 11) is 0. The molecule has 0 N–H and O–H groups in total. The van der Waals surface area contributed by atoms with Gasteiger partial charge in [0.2, 0.25) is 0 Å². The van der Waals surface area contributed by atoms with E-state index in [2.05, 4.69) is 168 Å². The van der Waals surface area contributed by atoms with Crippen LogP contribution in [0.15, 0.2) is 205 Å². The Morgan fingerprint density at radius 3 is 1.62 bits per heavy atom. The van der Waals surface area contributed by atoms with Crippen molar-refractivity contribution in [1.82, 2.24) is 14.5 Å². The number of para-hydroxylation sites is 3. The van der Waals surface area contributed by atoms with E-state index in [-0.39, 0.29) is 0 Å². The summed E-state index contributed by atoms with van der Waals surface area (Å²) in [5, 5.41) is 4.57. The second-order valence-electron chi connectivity index (χ2n) is 14.2. The van der Waals surface area contributed by atoms with Gasteiger partial charge in [-0.15, -0.1) is 0 Å². The average molecular weight is 716 g/mol. The predicted molar refractivity (Wildman–Crippen MR) is 231 cm³/mol. The Labute approximate surface area is 323 Å². The van der Waals surface area contributed by atoms with Crippen LogP contribution in [0.5, 0.6) is 0 Å². The monoisotopic (exact) mass is 715 g/mol. The number of aromatic nitrogens is 3. The van der Waals surface area contributed by atoms with Gasteiger partial charge in [0.15, 0.2) is 11.4 Å². The summed E-state index contributed by atoms with van der Waals surface area (Å²) >= 11 is 0. The van der Waals surface area contributed by atoms with Crippen LogP contribution < -0.4 is 0 Å². The second-order valence-corrected chi connectivity index (χ2v) is 14.2. The highest BCUT2D eigenvalue weighted by Crippen LogP contribution is 2.42. The van der Waals surface area contributed by atoms with Crippen LogP contribution in [0.1, 0.15) is 0 Å². The van der Waals surface area contributed by atoms with Gasteiger partial charge in [-0.3, -0.25) is 0 Å². The number of hydrogen-bond donors (Lipinski definition) is 0. The summed E-state index contributed by atoms with van der Waals surface area (Å²) in [6, 6.07) is 70.1. The maximum atomic E-state index is 7.03. The zero-order chi connectivity index (χ0) is 37.0. The van der Waals surface area contributed by atoms with Crippen LogP contribution in [0.25, 0.3) is 106 Å². The molecule has 0 saturated heterocycles. The summed E-state index contributed by atoms with van der Waals surface area (Å²) < 4.78 is 9.38. The maximum Gasteiger partial charge on any atom is 0.160 e. The molecule has 3 heterocycles. The third-order valence-corrected chi connectivity index (χ3v) is 10.8. The zero-order valence-corrected chi connectivity index (χ0v) is 30.3. The topological polar surface area (TPSA) is 43.9 Å². The van der Waals surface area contributed by atoms with Crippen molar-refractivity contribution in [3.8, 4) is 61.8 Å². The lowest BCUT2D eigenvalue weighted by atomic mass is 10.00. The Bertz CT molecular complexity index is 3180. The van der Waals surface area contributed by atoms with Gasteiger partial charge in [0.1, 0.15) is 5.58 Å². The number of furan rings is 1. The van der Waals surface area contributed by atoms with Gasteiger partial charge in [-0.1, -0.05) is 164 Å². The van der Waals surface area contributed by atoms with Crippen LogP contribution in [0.4, 0.5) is 0 Å². The van der Waals surface area contributed by atoms with Gasteiger partial charge in [-0.25, -0.2) is 9.97 Å². The normalized spacial score (nSPS) is 11.6. The molecule has 0 aliphatic heterocycles. The number of hydrogen-bond acceptors (Lipinski definition) is 3.